The van der Waals surface area contributed by atoms with Gasteiger partial charge in [0, 0.05) is 0 Å². The molecule has 0 heterocycles. The highest BCUT2D eigenvalue weighted by Crippen LogP contribution is 2.30. The van der Waals surface area contributed by atoms with Crippen molar-refractivity contribution in [2.75, 3.05) is 0 Å². The summed E-state index contributed by atoms with van der Waals surface area (Å²) in [6, 6.07) is 0. The molecule has 0 aliphatic heterocycles. The lowest BCUT2D eigenvalue weighted by Crippen LogP contribution is -2.21. The summed E-state index contributed by atoms with van der Waals surface area (Å²) in [4.78, 5) is 0. The van der Waals surface area contributed by atoms with Crippen LogP contribution in [0.1, 0.15) is 20.8 Å². The molecule has 0 aliphatic rings. The second-order valence-corrected chi connectivity index (χ2v) is 1.86. The van der Waals surface area contributed by atoms with Crippen molar-refractivity contribution >= 4 is 0 Å². The average molecular weight is 164 g/mol. The predicted octanol–water partition coefficient (Wildman–Crippen LogP) is 3.23. The van der Waals surface area contributed by atoms with E-state index >= 15 is 0 Å². The first kappa shape index (κ1) is 12.3. The number of rotatable bonds is 1. The van der Waals surface area contributed by atoms with Crippen LogP contribution in [0.25, 0.3) is 0 Å². The van der Waals surface area contributed by atoms with Gasteiger partial charge in [-0.15, -0.1) is 0 Å². The number of halogens is 5. The van der Waals surface area contributed by atoms with Gasteiger partial charge in [-0.3, -0.25) is 0 Å². The van der Waals surface area contributed by atoms with Crippen molar-refractivity contribution in [1.82, 2.24) is 0 Å². The van der Waals surface area contributed by atoms with Crippen molar-refractivity contribution in [3.63, 3.8) is 0 Å². The van der Waals surface area contributed by atoms with E-state index in [1.54, 1.807) is 0 Å². The highest BCUT2D eigenvalue weighted by atomic mass is 19.4. The summed E-state index contributed by atoms with van der Waals surface area (Å²) in [5.41, 5.74) is 0. The third-order valence-corrected chi connectivity index (χ3v) is 0.511. The largest absolute Gasteiger partial charge is 0.394 e. The van der Waals surface area contributed by atoms with Gasteiger partial charge in [-0.2, -0.15) is 13.2 Å². The third-order valence-electron chi connectivity index (χ3n) is 0.511. The first-order chi connectivity index (χ1) is 3.71. The van der Waals surface area contributed by atoms with Crippen molar-refractivity contribution in [2.24, 2.45) is 0 Å². The Bertz CT molecular complexity index is 75.2. The highest BCUT2D eigenvalue weighted by molar-refractivity contribution is 4.63. The van der Waals surface area contributed by atoms with Gasteiger partial charge >= 0.3 is 6.18 Å². The number of hydrogen-bond acceptors (Lipinski definition) is 0. The van der Waals surface area contributed by atoms with E-state index in [1.807, 2.05) is 0 Å². The lowest BCUT2D eigenvalue weighted by molar-refractivity contribution is -0.182. The van der Waals surface area contributed by atoms with Crippen molar-refractivity contribution < 1.29 is 22.0 Å². The smallest absolute Gasteiger partial charge is 0.207 e. The molecule has 64 valence electrons. The molecule has 0 spiro atoms. The monoisotopic (exact) mass is 164 g/mol. The van der Waals surface area contributed by atoms with Gasteiger partial charge in [0.2, 0.25) is 0 Å². The van der Waals surface area contributed by atoms with Gasteiger partial charge in [-0.1, -0.05) is 7.43 Å². The van der Waals surface area contributed by atoms with Crippen LogP contribution < -0.4 is 0 Å². The molecule has 0 atom stereocenters. The van der Waals surface area contributed by atoms with Gasteiger partial charge in [0.25, 0.3) is 5.92 Å². The molecule has 0 saturated heterocycles. The molecule has 0 amide bonds. The molecular weight excluding hydrogens is 155 g/mol. The first-order valence-electron chi connectivity index (χ1n) is 2.15. The quantitative estimate of drug-likeness (QED) is 0.522. The van der Waals surface area contributed by atoms with Crippen LogP contribution in [0.15, 0.2) is 0 Å². The Morgan fingerprint density at radius 3 is 1.30 bits per heavy atom. The van der Waals surface area contributed by atoms with Crippen LogP contribution in [0.3, 0.4) is 0 Å². The Labute approximate surface area is 56.0 Å². The van der Waals surface area contributed by atoms with Crippen LogP contribution >= 0.6 is 0 Å². The summed E-state index contributed by atoms with van der Waals surface area (Å²) in [6.07, 6.45) is -6.81. The SMILES string of the molecule is C.CC(F)(F)CC(F)(F)F. The van der Waals surface area contributed by atoms with E-state index in [2.05, 4.69) is 0 Å². The van der Waals surface area contributed by atoms with E-state index in [0.29, 0.717) is 0 Å². The summed E-state index contributed by atoms with van der Waals surface area (Å²) in [5.74, 6) is -3.64. The molecule has 0 bridgehead atoms. The number of hydrogen-bond donors (Lipinski definition) is 0. The standard InChI is InChI=1S/C4H5F5.CH4/c1-3(5,6)2-4(7,8)9;/h2H2,1H3;1H4. The van der Waals surface area contributed by atoms with Gasteiger partial charge in [0.1, 0.15) is 6.42 Å². The minimum atomic E-state index is -4.77. The van der Waals surface area contributed by atoms with Gasteiger partial charge in [0.15, 0.2) is 0 Å². The fourth-order valence-electron chi connectivity index (χ4n) is 0.352. The maximum absolute atomic E-state index is 11.5. The van der Waals surface area contributed by atoms with Crippen molar-refractivity contribution in [3.8, 4) is 0 Å². The third kappa shape index (κ3) is 10.6. The molecule has 0 aromatic rings. The van der Waals surface area contributed by atoms with E-state index in [9.17, 15) is 22.0 Å². The van der Waals surface area contributed by atoms with Gasteiger partial charge in [-0.05, 0) is 6.92 Å². The molecule has 0 unspecified atom stereocenters. The minimum absolute atomic E-state index is 0. The van der Waals surface area contributed by atoms with E-state index in [-0.39, 0.29) is 14.4 Å². The van der Waals surface area contributed by atoms with Crippen LogP contribution in [0, 0.1) is 0 Å². The van der Waals surface area contributed by atoms with Crippen LogP contribution in [-0.4, -0.2) is 12.1 Å². The summed E-state index contributed by atoms with van der Waals surface area (Å²) in [7, 11) is 0. The molecule has 10 heavy (non-hydrogen) atoms. The van der Waals surface area contributed by atoms with Crippen LogP contribution in [0.4, 0.5) is 22.0 Å². The average Bonchev–Trinajstić information content (AvgIpc) is 1.14. The molecule has 0 aromatic carbocycles. The summed E-state index contributed by atoms with van der Waals surface area (Å²) < 4.78 is 56.2. The first-order valence-corrected chi connectivity index (χ1v) is 2.15. The lowest BCUT2D eigenvalue weighted by Gasteiger charge is -2.11. The van der Waals surface area contributed by atoms with E-state index in [4.69, 9.17) is 0 Å². The fourth-order valence-corrected chi connectivity index (χ4v) is 0.352. The second-order valence-electron chi connectivity index (χ2n) is 1.86. The summed E-state index contributed by atoms with van der Waals surface area (Å²) >= 11 is 0. The highest BCUT2D eigenvalue weighted by Gasteiger charge is 2.39. The van der Waals surface area contributed by atoms with Gasteiger partial charge < -0.3 is 0 Å². The molecular formula is C5H9F5. The van der Waals surface area contributed by atoms with Crippen LogP contribution in [-0.2, 0) is 0 Å². The van der Waals surface area contributed by atoms with E-state index in [0.717, 1.165) is 0 Å². The molecule has 0 radical (unpaired) electrons. The zero-order chi connectivity index (χ0) is 7.71. The zero-order valence-corrected chi connectivity index (χ0v) is 4.60. The van der Waals surface area contributed by atoms with Crippen LogP contribution in [0.2, 0.25) is 0 Å². The Kier molecular flexibility index (Phi) is 3.90. The minimum Gasteiger partial charge on any atom is -0.207 e. The Morgan fingerprint density at radius 1 is 1.00 bits per heavy atom. The Morgan fingerprint density at radius 2 is 1.30 bits per heavy atom. The Balaban J connectivity index is 0. The molecule has 0 saturated carbocycles. The normalized spacial score (nSPS) is 12.6. The Hall–Kier alpha value is -0.350. The van der Waals surface area contributed by atoms with Gasteiger partial charge in [0.05, 0.1) is 0 Å². The predicted molar refractivity (Wildman–Crippen MR) is 28.0 cm³/mol. The second kappa shape index (κ2) is 3.16. The van der Waals surface area contributed by atoms with Crippen molar-refractivity contribution in [1.29, 1.82) is 0 Å². The fraction of sp³-hybridized carbons (Fsp3) is 1.00. The lowest BCUT2D eigenvalue weighted by atomic mass is 10.3. The molecule has 0 aliphatic carbocycles. The van der Waals surface area contributed by atoms with Crippen molar-refractivity contribution in [3.05, 3.63) is 0 Å². The molecule has 5 heteroatoms. The molecule has 0 nitrogen and oxygen atoms in total. The molecule has 0 rings (SSSR count). The zero-order valence-electron chi connectivity index (χ0n) is 4.60. The number of alkyl halides is 5. The van der Waals surface area contributed by atoms with E-state index in [1.165, 1.54) is 0 Å². The van der Waals surface area contributed by atoms with Crippen molar-refractivity contribution in [2.45, 2.75) is 32.9 Å². The topological polar surface area (TPSA) is 0 Å². The van der Waals surface area contributed by atoms with Gasteiger partial charge in [-0.25, -0.2) is 8.78 Å². The van der Waals surface area contributed by atoms with E-state index < -0.39 is 18.5 Å². The summed E-state index contributed by atoms with van der Waals surface area (Å²) in [5, 5.41) is 0. The molecule has 0 aromatic heterocycles. The summed E-state index contributed by atoms with van der Waals surface area (Å²) in [6.45, 7) is 0.237. The molecule has 0 N–H and O–H groups in total. The molecule has 0 fully saturated rings. The van der Waals surface area contributed by atoms with Crippen LogP contribution in [0.5, 0.6) is 0 Å². The maximum Gasteiger partial charge on any atom is 0.394 e. The maximum atomic E-state index is 11.5.